The first-order valence-electron chi connectivity index (χ1n) is 6.05. The molecule has 0 aromatic heterocycles. The number of hydrogen-bond acceptors (Lipinski definition) is 3. The minimum Gasteiger partial charge on any atom is -0.313 e. The molecule has 92 valence electrons. The first-order valence-corrected chi connectivity index (χ1v) is 7.45. The van der Waals surface area contributed by atoms with Crippen LogP contribution in [0.3, 0.4) is 0 Å². The Balaban J connectivity index is 2.08. The second-order valence-corrected chi connectivity index (χ2v) is 5.02. The molecule has 0 spiro atoms. The Labute approximate surface area is 108 Å². The number of nitriles is 1. The largest absolute Gasteiger partial charge is 0.313 e. The fraction of sp³-hybridized carbons (Fsp3) is 0.500. The Kier molecular flexibility index (Phi) is 7.53. The van der Waals surface area contributed by atoms with Crippen molar-refractivity contribution in [3.8, 4) is 6.07 Å². The Morgan fingerprint density at radius 1 is 1.18 bits per heavy atom. The lowest BCUT2D eigenvalue weighted by molar-refractivity contribution is 0.618. The highest BCUT2D eigenvalue weighted by atomic mass is 32.2. The van der Waals surface area contributed by atoms with Crippen LogP contribution in [0.25, 0.3) is 0 Å². The van der Waals surface area contributed by atoms with Crippen molar-refractivity contribution in [1.29, 1.82) is 5.26 Å². The van der Waals surface area contributed by atoms with E-state index in [9.17, 15) is 0 Å². The van der Waals surface area contributed by atoms with Crippen molar-refractivity contribution >= 4 is 11.8 Å². The van der Waals surface area contributed by atoms with Crippen LogP contribution in [0.15, 0.2) is 24.3 Å². The van der Waals surface area contributed by atoms with E-state index >= 15 is 0 Å². The molecule has 0 saturated heterocycles. The number of rotatable bonds is 8. The summed E-state index contributed by atoms with van der Waals surface area (Å²) in [7, 11) is 0. The Hall–Kier alpha value is -0.980. The molecule has 0 aliphatic carbocycles. The van der Waals surface area contributed by atoms with Gasteiger partial charge in [-0.15, -0.1) is 0 Å². The predicted octanol–water partition coefficient (Wildman–Crippen LogP) is 3.18. The van der Waals surface area contributed by atoms with E-state index in [0.29, 0.717) is 0 Å². The fourth-order valence-electron chi connectivity index (χ4n) is 1.60. The molecule has 1 aromatic carbocycles. The minimum absolute atomic E-state index is 0.728. The van der Waals surface area contributed by atoms with E-state index in [1.54, 1.807) is 0 Å². The Morgan fingerprint density at radius 3 is 2.59 bits per heavy atom. The Bertz CT molecular complexity index is 340. The molecule has 2 nitrogen and oxygen atoms in total. The van der Waals surface area contributed by atoms with Gasteiger partial charge in [-0.05, 0) is 49.1 Å². The van der Waals surface area contributed by atoms with Gasteiger partial charge in [-0.3, -0.25) is 0 Å². The van der Waals surface area contributed by atoms with Crippen molar-refractivity contribution in [3.63, 3.8) is 0 Å². The number of unbranched alkanes of at least 4 members (excludes halogenated alkanes) is 2. The number of thioether (sulfide) groups is 1. The normalized spacial score (nSPS) is 10.1. The van der Waals surface area contributed by atoms with Gasteiger partial charge in [0.15, 0.2) is 0 Å². The molecule has 0 aliphatic rings. The van der Waals surface area contributed by atoms with Crippen LogP contribution in [0.4, 0.5) is 0 Å². The predicted molar refractivity (Wildman–Crippen MR) is 75.1 cm³/mol. The molecule has 1 rings (SSSR count). The Morgan fingerprint density at radius 2 is 1.94 bits per heavy atom. The quantitative estimate of drug-likeness (QED) is 0.718. The topological polar surface area (TPSA) is 35.8 Å². The lowest BCUT2D eigenvalue weighted by atomic mass is 10.1. The van der Waals surface area contributed by atoms with E-state index in [1.165, 1.54) is 30.6 Å². The number of nitrogens with zero attached hydrogens (tertiary/aromatic N) is 1. The fourth-order valence-corrected chi connectivity index (χ4v) is 2.10. The van der Waals surface area contributed by atoms with Gasteiger partial charge in [-0.25, -0.2) is 0 Å². The molecule has 17 heavy (non-hydrogen) atoms. The average molecular weight is 248 g/mol. The molecule has 0 heterocycles. The summed E-state index contributed by atoms with van der Waals surface area (Å²) in [6.07, 6.45) is 6.03. The van der Waals surface area contributed by atoms with Crippen molar-refractivity contribution in [2.24, 2.45) is 0 Å². The van der Waals surface area contributed by atoms with Crippen molar-refractivity contribution < 1.29 is 0 Å². The van der Waals surface area contributed by atoms with Crippen molar-refractivity contribution in [1.82, 2.24) is 5.32 Å². The number of hydrogen-bond donors (Lipinski definition) is 1. The van der Waals surface area contributed by atoms with Gasteiger partial charge in [0.05, 0.1) is 11.6 Å². The van der Waals surface area contributed by atoms with Gasteiger partial charge in [-0.1, -0.05) is 18.6 Å². The zero-order chi connectivity index (χ0) is 12.3. The molecule has 0 saturated carbocycles. The molecule has 1 N–H and O–H groups in total. The summed E-state index contributed by atoms with van der Waals surface area (Å²) in [6, 6.07) is 9.90. The van der Waals surface area contributed by atoms with Gasteiger partial charge in [0.2, 0.25) is 0 Å². The summed E-state index contributed by atoms with van der Waals surface area (Å²) in [4.78, 5) is 0. The first-order chi connectivity index (χ1) is 8.36. The molecule has 3 heteroatoms. The van der Waals surface area contributed by atoms with Crippen LogP contribution in [0.5, 0.6) is 0 Å². The van der Waals surface area contributed by atoms with Crippen LogP contribution in [-0.4, -0.2) is 18.6 Å². The van der Waals surface area contributed by atoms with Crippen LogP contribution in [0.2, 0.25) is 0 Å². The molecular weight excluding hydrogens is 228 g/mol. The molecule has 0 radical (unpaired) electrons. The van der Waals surface area contributed by atoms with Crippen LogP contribution in [-0.2, 0) is 6.54 Å². The van der Waals surface area contributed by atoms with Gasteiger partial charge in [0.1, 0.15) is 0 Å². The number of benzene rings is 1. The lowest BCUT2D eigenvalue weighted by Crippen LogP contribution is -2.14. The van der Waals surface area contributed by atoms with Crippen LogP contribution in [0, 0.1) is 11.3 Å². The maximum atomic E-state index is 8.68. The molecule has 0 bridgehead atoms. The van der Waals surface area contributed by atoms with E-state index in [2.05, 4.69) is 17.6 Å². The highest BCUT2D eigenvalue weighted by molar-refractivity contribution is 7.98. The van der Waals surface area contributed by atoms with Gasteiger partial charge in [0.25, 0.3) is 0 Å². The first kappa shape index (κ1) is 14.1. The third-order valence-corrected chi connectivity index (χ3v) is 3.31. The summed E-state index contributed by atoms with van der Waals surface area (Å²) < 4.78 is 0. The van der Waals surface area contributed by atoms with Crippen LogP contribution >= 0.6 is 11.8 Å². The van der Waals surface area contributed by atoms with Crippen molar-refractivity contribution in [3.05, 3.63) is 35.4 Å². The molecule has 0 fully saturated rings. The SMILES string of the molecule is CSCCCCCNCc1ccc(C#N)cc1. The third-order valence-electron chi connectivity index (χ3n) is 2.61. The zero-order valence-electron chi connectivity index (χ0n) is 10.4. The highest BCUT2D eigenvalue weighted by Gasteiger charge is 1.94. The zero-order valence-corrected chi connectivity index (χ0v) is 11.2. The summed E-state index contributed by atoms with van der Waals surface area (Å²) in [6.45, 7) is 1.97. The van der Waals surface area contributed by atoms with Gasteiger partial charge in [-0.2, -0.15) is 17.0 Å². The summed E-state index contributed by atoms with van der Waals surface area (Å²) in [5, 5.41) is 12.1. The van der Waals surface area contributed by atoms with Gasteiger partial charge in [0, 0.05) is 6.54 Å². The van der Waals surface area contributed by atoms with E-state index in [1.807, 2.05) is 36.0 Å². The lowest BCUT2D eigenvalue weighted by Gasteiger charge is -2.04. The van der Waals surface area contributed by atoms with Gasteiger partial charge < -0.3 is 5.32 Å². The van der Waals surface area contributed by atoms with Crippen LogP contribution < -0.4 is 5.32 Å². The highest BCUT2D eigenvalue weighted by Crippen LogP contribution is 2.04. The molecule has 0 aliphatic heterocycles. The number of nitrogens with one attached hydrogen (secondary N) is 1. The smallest absolute Gasteiger partial charge is 0.0991 e. The summed E-state index contributed by atoms with van der Waals surface area (Å²) in [5.74, 6) is 1.27. The standard InChI is InChI=1S/C14H20N2S/c1-17-10-4-2-3-9-16-12-14-7-5-13(11-15)6-8-14/h5-8,16H,2-4,9-10,12H2,1H3. The second-order valence-electron chi connectivity index (χ2n) is 4.04. The maximum Gasteiger partial charge on any atom is 0.0991 e. The van der Waals surface area contributed by atoms with E-state index in [0.717, 1.165) is 18.7 Å². The third kappa shape index (κ3) is 6.35. The van der Waals surface area contributed by atoms with E-state index in [-0.39, 0.29) is 0 Å². The average Bonchev–Trinajstić information content (AvgIpc) is 2.38. The molecule has 0 unspecified atom stereocenters. The van der Waals surface area contributed by atoms with E-state index in [4.69, 9.17) is 5.26 Å². The molecular formula is C14H20N2S. The van der Waals surface area contributed by atoms with Crippen molar-refractivity contribution in [2.45, 2.75) is 25.8 Å². The molecule has 0 amide bonds. The van der Waals surface area contributed by atoms with Gasteiger partial charge >= 0.3 is 0 Å². The minimum atomic E-state index is 0.728. The maximum absolute atomic E-state index is 8.68. The van der Waals surface area contributed by atoms with Crippen molar-refractivity contribution in [2.75, 3.05) is 18.6 Å². The summed E-state index contributed by atoms with van der Waals surface area (Å²) >= 11 is 1.92. The second kappa shape index (κ2) is 9.09. The monoisotopic (exact) mass is 248 g/mol. The molecule has 1 aromatic rings. The van der Waals surface area contributed by atoms with E-state index < -0.39 is 0 Å². The summed E-state index contributed by atoms with van der Waals surface area (Å²) in [5.41, 5.74) is 1.97. The molecule has 0 atom stereocenters. The van der Waals surface area contributed by atoms with Crippen LogP contribution in [0.1, 0.15) is 30.4 Å².